The maximum Gasteiger partial charge on any atom is 0.122 e. The summed E-state index contributed by atoms with van der Waals surface area (Å²) in [6, 6.07) is 6.14. The first kappa shape index (κ1) is 19.1. The highest BCUT2D eigenvalue weighted by Crippen LogP contribution is 2.26. The van der Waals surface area contributed by atoms with Crippen LogP contribution < -0.4 is 14.8 Å². The van der Waals surface area contributed by atoms with Crippen molar-refractivity contribution in [1.29, 1.82) is 0 Å². The van der Waals surface area contributed by atoms with Crippen LogP contribution in [0.5, 0.6) is 11.5 Å². The SMILES string of the molecule is CNCCC1CCN(Cc2cc(OC)cc(OC)c2)CC1.Cl. The van der Waals surface area contributed by atoms with Crippen LogP contribution in [-0.2, 0) is 6.54 Å². The van der Waals surface area contributed by atoms with E-state index in [9.17, 15) is 0 Å². The zero-order valence-electron chi connectivity index (χ0n) is 13.9. The third kappa shape index (κ3) is 5.67. The van der Waals surface area contributed by atoms with Crippen LogP contribution in [0.4, 0.5) is 0 Å². The fraction of sp³-hybridized carbons (Fsp3) is 0.647. The molecule has 1 heterocycles. The lowest BCUT2D eigenvalue weighted by Crippen LogP contribution is -2.34. The van der Waals surface area contributed by atoms with E-state index in [1.807, 2.05) is 13.1 Å². The van der Waals surface area contributed by atoms with Gasteiger partial charge in [0.15, 0.2) is 0 Å². The van der Waals surface area contributed by atoms with Gasteiger partial charge in [-0.1, -0.05) is 0 Å². The summed E-state index contributed by atoms with van der Waals surface area (Å²) in [4.78, 5) is 2.53. The zero-order valence-corrected chi connectivity index (χ0v) is 14.7. The topological polar surface area (TPSA) is 33.7 Å². The molecule has 0 unspecified atom stereocenters. The van der Waals surface area contributed by atoms with E-state index >= 15 is 0 Å². The number of nitrogens with zero attached hydrogens (tertiary/aromatic N) is 1. The van der Waals surface area contributed by atoms with E-state index < -0.39 is 0 Å². The molecule has 1 saturated heterocycles. The molecule has 5 heteroatoms. The summed E-state index contributed by atoms with van der Waals surface area (Å²) < 4.78 is 10.7. The van der Waals surface area contributed by atoms with Crippen molar-refractivity contribution in [3.8, 4) is 11.5 Å². The molecule has 0 aliphatic carbocycles. The van der Waals surface area contributed by atoms with E-state index in [4.69, 9.17) is 9.47 Å². The van der Waals surface area contributed by atoms with Crippen LogP contribution in [0.1, 0.15) is 24.8 Å². The van der Waals surface area contributed by atoms with Crippen LogP contribution >= 0.6 is 12.4 Å². The van der Waals surface area contributed by atoms with Crippen molar-refractivity contribution in [3.05, 3.63) is 23.8 Å². The Morgan fingerprint density at radius 1 is 1.09 bits per heavy atom. The van der Waals surface area contributed by atoms with Crippen LogP contribution in [0.3, 0.4) is 0 Å². The Balaban J connectivity index is 0.00000242. The molecule has 1 N–H and O–H groups in total. The molecule has 0 bridgehead atoms. The first-order chi connectivity index (χ1) is 10.2. The fourth-order valence-corrected chi connectivity index (χ4v) is 3.00. The van der Waals surface area contributed by atoms with Crippen LogP contribution in [0, 0.1) is 5.92 Å². The summed E-state index contributed by atoms with van der Waals surface area (Å²) >= 11 is 0. The van der Waals surface area contributed by atoms with Crippen molar-refractivity contribution in [1.82, 2.24) is 10.2 Å². The number of hydrogen-bond acceptors (Lipinski definition) is 4. The molecular weight excluding hydrogens is 300 g/mol. The predicted molar refractivity (Wildman–Crippen MR) is 93.3 cm³/mol. The van der Waals surface area contributed by atoms with Crippen molar-refractivity contribution in [2.45, 2.75) is 25.8 Å². The van der Waals surface area contributed by atoms with Crippen molar-refractivity contribution < 1.29 is 9.47 Å². The molecule has 0 saturated carbocycles. The molecule has 0 radical (unpaired) electrons. The highest BCUT2D eigenvalue weighted by Gasteiger charge is 2.19. The van der Waals surface area contributed by atoms with Crippen molar-refractivity contribution in [3.63, 3.8) is 0 Å². The molecule has 0 atom stereocenters. The quantitative estimate of drug-likeness (QED) is 0.834. The Bertz CT molecular complexity index is 412. The van der Waals surface area contributed by atoms with Gasteiger partial charge in [-0.2, -0.15) is 0 Å². The summed E-state index contributed by atoms with van der Waals surface area (Å²) in [6.07, 6.45) is 3.92. The molecule has 1 aliphatic heterocycles. The van der Waals surface area contributed by atoms with E-state index in [-0.39, 0.29) is 12.4 Å². The standard InChI is InChI=1S/C17H28N2O2.ClH/c1-18-7-4-14-5-8-19(9-6-14)13-15-10-16(20-2)12-17(11-15)21-3;/h10-12,14,18H,4-9,13H2,1-3H3;1H. The number of piperidine rings is 1. The summed E-state index contributed by atoms with van der Waals surface area (Å²) in [6.45, 7) is 4.49. The predicted octanol–water partition coefficient (Wildman–Crippen LogP) is 2.95. The average molecular weight is 329 g/mol. The number of likely N-dealkylation sites (tertiary alicyclic amines) is 1. The van der Waals surface area contributed by atoms with Gasteiger partial charge in [0.05, 0.1) is 14.2 Å². The molecular formula is C17H29ClN2O2. The molecule has 0 aromatic heterocycles. The van der Waals surface area contributed by atoms with Gasteiger partial charge in [-0.25, -0.2) is 0 Å². The number of ether oxygens (including phenoxy) is 2. The minimum atomic E-state index is 0. The number of halogens is 1. The molecule has 0 amide bonds. The van der Waals surface area contributed by atoms with Gasteiger partial charge in [0.1, 0.15) is 11.5 Å². The van der Waals surface area contributed by atoms with Crippen molar-refractivity contribution >= 4 is 12.4 Å². The molecule has 4 nitrogen and oxygen atoms in total. The molecule has 1 aromatic carbocycles. The van der Waals surface area contributed by atoms with Crippen LogP contribution in [-0.4, -0.2) is 45.8 Å². The molecule has 22 heavy (non-hydrogen) atoms. The lowest BCUT2D eigenvalue weighted by Gasteiger charge is -2.32. The third-order valence-corrected chi connectivity index (χ3v) is 4.33. The lowest BCUT2D eigenvalue weighted by atomic mass is 9.93. The summed E-state index contributed by atoms with van der Waals surface area (Å²) in [5, 5.41) is 3.25. The van der Waals surface area contributed by atoms with Gasteiger partial charge < -0.3 is 14.8 Å². The number of methoxy groups -OCH3 is 2. The van der Waals surface area contributed by atoms with Gasteiger partial charge in [0.2, 0.25) is 0 Å². The summed E-state index contributed by atoms with van der Waals surface area (Å²) in [5.41, 5.74) is 1.26. The second kappa shape index (κ2) is 9.93. The largest absolute Gasteiger partial charge is 0.497 e. The van der Waals surface area contributed by atoms with Crippen LogP contribution in [0.15, 0.2) is 18.2 Å². The van der Waals surface area contributed by atoms with E-state index in [0.717, 1.165) is 30.5 Å². The molecule has 0 spiro atoms. The van der Waals surface area contributed by atoms with E-state index in [1.54, 1.807) is 14.2 Å². The molecule has 126 valence electrons. The van der Waals surface area contributed by atoms with Crippen LogP contribution in [0.2, 0.25) is 0 Å². The number of rotatable bonds is 7. The Labute approximate surface area is 140 Å². The van der Waals surface area contributed by atoms with Gasteiger partial charge in [0, 0.05) is 12.6 Å². The third-order valence-electron chi connectivity index (χ3n) is 4.33. The van der Waals surface area contributed by atoms with Gasteiger partial charge in [-0.3, -0.25) is 4.90 Å². The van der Waals surface area contributed by atoms with Crippen LogP contribution in [0.25, 0.3) is 0 Å². The first-order valence-electron chi connectivity index (χ1n) is 7.84. The Morgan fingerprint density at radius 2 is 1.68 bits per heavy atom. The summed E-state index contributed by atoms with van der Waals surface area (Å²) in [5.74, 6) is 2.62. The maximum atomic E-state index is 5.34. The van der Waals surface area contributed by atoms with E-state index in [1.165, 1.54) is 37.9 Å². The van der Waals surface area contributed by atoms with Gasteiger partial charge in [-0.15, -0.1) is 12.4 Å². The maximum absolute atomic E-state index is 5.34. The first-order valence-corrected chi connectivity index (χ1v) is 7.84. The fourth-order valence-electron chi connectivity index (χ4n) is 3.00. The second-order valence-electron chi connectivity index (χ2n) is 5.83. The van der Waals surface area contributed by atoms with Crippen molar-refractivity contribution in [2.24, 2.45) is 5.92 Å². The minimum absolute atomic E-state index is 0. The number of nitrogens with one attached hydrogen (secondary N) is 1. The van der Waals surface area contributed by atoms with Gasteiger partial charge in [-0.05, 0) is 69.6 Å². The average Bonchev–Trinajstić information content (AvgIpc) is 2.53. The Hall–Kier alpha value is -0.970. The summed E-state index contributed by atoms with van der Waals surface area (Å²) in [7, 11) is 5.43. The van der Waals surface area contributed by atoms with Gasteiger partial charge >= 0.3 is 0 Å². The highest BCUT2D eigenvalue weighted by atomic mass is 35.5. The monoisotopic (exact) mass is 328 g/mol. The van der Waals surface area contributed by atoms with E-state index in [2.05, 4.69) is 22.3 Å². The Kier molecular flexibility index (Phi) is 8.61. The highest BCUT2D eigenvalue weighted by molar-refractivity contribution is 5.85. The number of benzene rings is 1. The van der Waals surface area contributed by atoms with Gasteiger partial charge in [0.25, 0.3) is 0 Å². The molecule has 1 fully saturated rings. The zero-order chi connectivity index (χ0) is 15.1. The van der Waals surface area contributed by atoms with Crippen molar-refractivity contribution in [2.75, 3.05) is 40.9 Å². The lowest BCUT2D eigenvalue weighted by molar-refractivity contribution is 0.172. The normalized spacial score (nSPS) is 16.1. The Morgan fingerprint density at radius 3 is 2.18 bits per heavy atom. The molecule has 2 rings (SSSR count). The minimum Gasteiger partial charge on any atom is -0.497 e. The van der Waals surface area contributed by atoms with E-state index in [0.29, 0.717) is 0 Å². The molecule has 1 aliphatic rings. The smallest absolute Gasteiger partial charge is 0.122 e. The molecule has 1 aromatic rings. The number of hydrogen-bond donors (Lipinski definition) is 1. The second-order valence-corrected chi connectivity index (χ2v) is 5.83.